The highest BCUT2D eigenvalue weighted by molar-refractivity contribution is 7.10. The Morgan fingerprint density at radius 2 is 2.20 bits per heavy atom. The van der Waals surface area contributed by atoms with Crippen molar-refractivity contribution in [3.05, 3.63) is 40.8 Å². The molecule has 2 rings (SSSR count). The fourth-order valence-electron chi connectivity index (χ4n) is 1.75. The van der Waals surface area contributed by atoms with E-state index >= 15 is 0 Å². The maximum atomic E-state index is 13.3. The molecule has 0 aliphatic rings. The highest BCUT2D eigenvalue weighted by atomic mass is 32.1. The third-order valence-electron chi connectivity index (χ3n) is 2.79. The summed E-state index contributed by atoms with van der Waals surface area (Å²) in [7, 11) is 0. The molecule has 0 aliphatic heterocycles. The fourth-order valence-corrected chi connectivity index (χ4v) is 2.55. The zero-order valence-corrected chi connectivity index (χ0v) is 12.3. The van der Waals surface area contributed by atoms with Crippen molar-refractivity contribution < 1.29 is 13.9 Å². The molecule has 0 bridgehead atoms. The molecule has 0 spiro atoms. The van der Waals surface area contributed by atoms with Crippen molar-refractivity contribution in [1.82, 2.24) is 4.37 Å². The van der Waals surface area contributed by atoms with Crippen molar-refractivity contribution in [3.8, 4) is 0 Å². The van der Waals surface area contributed by atoms with E-state index in [1.54, 1.807) is 19.9 Å². The highest BCUT2D eigenvalue weighted by Crippen LogP contribution is 2.30. The van der Waals surface area contributed by atoms with Crippen LogP contribution in [0.1, 0.15) is 28.5 Å². The van der Waals surface area contributed by atoms with Gasteiger partial charge in [0.2, 0.25) is 0 Å². The van der Waals surface area contributed by atoms with E-state index < -0.39 is 5.97 Å². The number of rotatable bonds is 4. The third-order valence-corrected chi connectivity index (χ3v) is 3.64. The van der Waals surface area contributed by atoms with Gasteiger partial charge in [-0.15, -0.1) is 0 Å². The number of halogens is 1. The van der Waals surface area contributed by atoms with E-state index in [-0.39, 0.29) is 5.82 Å². The van der Waals surface area contributed by atoms with Gasteiger partial charge in [0, 0.05) is 5.69 Å². The van der Waals surface area contributed by atoms with Gasteiger partial charge in [-0.3, -0.25) is 0 Å². The number of carbonyl (C=O) groups excluding carboxylic acids is 1. The summed E-state index contributed by atoms with van der Waals surface area (Å²) in [5.74, 6) is -0.757. The third kappa shape index (κ3) is 2.96. The standard InChI is InChI=1S/C14H15FN2O2S/c1-4-19-14(18)12-9(3)17-20-13(12)16-11-7-10(15)6-5-8(11)2/h5-7,16H,4H2,1-3H3. The second kappa shape index (κ2) is 6.00. The van der Waals surface area contributed by atoms with E-state index in [9.17, 15) is 9.18 Å². The molecular formula is C14H15FN2O2S. The Bertz CT molecular complexity index is 640. The first-order valence-corrected chi connectivity index (χ1v) is 6.96. The minimum absolute atomic E-state index is 0.298. The van der Waals surface area contributed by atoms with Crippen LogP contribution in [0, 0.1) is 19.7 Å². The van der Waals surface area contributed by atoms with Gasteiger partial charge in [0.25, 0.3) is 0 Å². The molecule has 6 heteroatoms. The monoisotopic (exact) mass is 294 g/mol. The molecule has 106 valence electrons. The van der Waals surface area contributed by atoms with E-state index in [2.05, 4.69) is 9.69 Å². The lowest BCUT2D eigenvalue weighted by atomic mass is 10.2. The van der Waals surface area contributed by atoms with E-state index in [1.165, 1.54) is 12.1 Å². The summed E-state index contributed by atoms with van der Waals surface area (Å²) in [5, 5.41) is 3.62. The maximum absolute atomic E-state index is 13.3. The lowest BCUT2D eigenvalue weighted by Gasteiger charge is -2.09. The molecule has 0 atom stereocenters. The van der Waals surface area contributed by atoms with Crippen LogP contribution in [0.4, 0.5) is 15.1 Å². The van der Waals surface area contributed by atoms with Crippen LogP contribution in [-0.4, -0.2) is 16.9 Å². The second-order valence-corrected chi connectivity index (χ2v) is 5.05. The van der Waals surface area contributed by atoms with E-state index in [0.29, 0.717) is 28.6 Å². The number of anilines is 2. The Balaban J connectivity index is 2.34. The molecule has 1 aromatic heterocycles. The first-order valence-electron chi connectivity index (χ1n) is 6.19. The minimum Gasteiger partial charge on any atom is -0.462 e. The smallest absolute Gasteiger partial charge is 0.343 e. The van der Waals surface area contributed by atoms with Gasteiger partial charge in [0.15, 0.2) is 0 Å². The number of nitrogens with one attached hydrogen (secondary N) is 1. The number of hydrogen-bond donors (Lipinski definition) is 1. The zero-order valence-electron chi connectivity index (χ0n) is 11.5. The molecule has 0 radical (unpaired) electrons. The number of carbonyl (C=O) groups is 1. The van der Waals surface area contributed by atoms with Gasteiger partial charge in [-0.1, -0.05) is 6.07 Å². The predicted molar refractivity (Wildman–Crippen MR) is 77.2 cm³/mol. The summed E-state index contributed by atoms with van der Waals surface area (Å²) in [6.45, 7) is 5.65. The molecule has 2 aromatic rings. The average molecular weight is 294 g/mol. The lowest BCUT2D eigenvalue weighted by Crippen LogP contribution is -2.07. The van der Waals surface area contributed by atoms with Gasteiger partial charge < -0.3 is 10.1 Å². The maximum Gasteiger partial charge on any atom is 0.343 e. The summed E-state index contributed by atoms with van der Waals surface area (Å²) in [4.78, 5) is 11.9. The molecule has 1 aromatic carbocycles. The van der Waals surface area contributed by atoms with Crippen LogP contribution in [0.15, 0.2) is 18.2 Å². The molecule has 0 aliphatic carbocycles. The average Bonchev–Trinajstić information content (AvgIpc) is 2.75. The molecule has 0 saturated heterocycles. The number of nitrogens with zero attached hydrogens (tertiary/aromatic N) is 1. The minimum atomic E-state index is -0.421. The van der Waals surface area contributed by atoms with Crippen LogP contribution in [0.2, 0.25) is 0 Å². The molecule has 1 N–H and O–H groups in total. The first kappa shape index (κ1) is 14.5. The van der Waals surface area contributed by atoms with E-state index in [0.717, 1.165) is 17.1 Å². The molecule has 4 nitrogen and oxygen atoms in total. The SMILES string of the molecule is CCOC(=O)c1c(C)nsc1Nc1cc(F)ccc1C. The molecule has 0 unspecified atom stereocenters. The summed E-state index contributed by atoms with van der Waals surface area (Å²) >= 11 is 1.16. The van der Waals surface area contributed by atoms with Crippen molar-refractivity contribution in [2.24, 2.45) is 0 Å². The van der Waals surface area contributed by atoms with E-state index in [4.69, 9.17) is 4.74 Å². The van der Waals surface area contributed by atoms with Crippen molar-refractivity contribution in [2.75, 3.05) is 11.9 Å². The summed E-state index contributed by atoms with van der Waals surface area (Å²) in [5.41, 5.74) is 2.50. The molecule has 20 heavy (non-hydrogen) atoms. The number of hydrogen-bond acceptors (Lipinski definition) is 5. The Labute approximate surface area is 120 Å². The quantitative estimate of drug-likeness (QED) is 0.871. The molecule has 1 heterocycles. The van der Waals surface area contributed by atoms with Crippen molar-refractivity contribution in [1.29, 1.82) is 0 Å². The van der Waals surface area contributed by atoms with Crippen molar-refractivity contribution >= 4 is 28.2 Å². The van der Waals surface area contributed by atoms with Gasteiger partial charge >= 0.3 is 5.97 Å². The second-order valence-electron chi connectivity index (χ2n) is 4.28. The number of ether oxygens (including phenoxy) is 1. The highest BCUT2D eigenvalue weighted by Gasteiger charge is 2.20. The number of aromatic nitrogens is 1. The molecule has 0 fully saturated rings. The van der Waals surface area contributed by atoms with Crippen molar-refractivity contribution in [2.45, 2.75) is 20.8 Å². The molecular weight excluding hydrogens is 279 g/mol. The summed E-state index contributed by atoms with van der Waals surface area (Å²) < 4.78 is 22.5. The predicted octanol–water partition coefficient (Wildman–Crippen LogP) is 3.82. The Kier molecular flexibility index (Phi) is 4.34. The van der Waals surface area contributed by atoms with Crippen molar-refractivity contribution in [3.63, 3.8) is 0 Å². The van der Waals surface area contributed by atoms with Gasteiger partial charge in [-0.25, -0.2) is 9.18 Å². The van der Waals surface area contributed by atoms with Crippen LogP contribution >= 0.6 is 11.5 Å². The van der Waals surface area contributed by atoms with Crippen LogP contribution in [-0.2, 0) is 4.74 Å². The van der Waals surface area contributed by atoms with Gasteiger partial charge in [-0.05, 0) is 50.0 Å². The Hall–Kier alpha value is -1.95. The Morgan fingerprint density at radius 3 is 2.90 bits per heavy atom. The summed E-state index contributed by atoms with van der Waals surface area (Å²) in [6, 6.07) is 4.46. The van der Waals surface area contributed by atoms with Crippen LogP contribution in [0.25, 0.3) is 0 Å². The summed E-state index contributed by atoms with van der Waals surface area (Å²) in [6.07, 6.45) is 0. The number of benzene rings is 1. The Morgan fingerprint density at radius 1 is 1.45 bits per heavy atom. The number of aryl methyl sites for hydroxylation is 2. The zero-order chi connectivity index (χ0) is 14.7. The molecule has 0 amide bonds. The first-order chi connectivity index (χ1) is 9.52. The largest absolute Gasteiger partial charge is 0.462 e. The van der Waals surface area contributed by atoms with Gasteiger partial charge in [-0.2, -0.15) is 4.37 Å². The van der Waals surface area contributed by atoms with Crippen LogP contribution < -0.4 is 5.32 Å². The van der Waals surface area contributed by atoms with Crippen LogP contribution in [0.5, 0.6) is 0 Å². The molecule has 0 saturated carbocycles. The van der Waals surface area contributed by atoms with Gasteiger partial charge in [0.1, 0.15) is 16.4 Å². The topological polar surface area (TPSA) is 51.2 Å². The van der Waals surface area contributed by atoms with Gasteiger partial charge in [0.05, 0.1) is 12.3 Å². The number of esters is 1. The van der Waals surface area contributed by atoms with E-state index in [1.807, 2.05) is 6.92 Å². The fraction of sp³-hybridized carbons (Fsp3) is 0.286. The van der Waals surface area contributed by atoms with Crippen LogP contribution in [0.3, 0.4) is 0 Å². The lowest BCUT2D eigenvalue weighted by molar-refractivity contribution is 0.0527. The normalized spacial score (nSPS) is 10.4.